The molecular weight excluding hydrogens is 310 g/mol. The van der Waals surface area contributed by atoms with Crippen LogP contribution in [0.15, 0.2) is 36.4 Å². The van der Waals surface area contributed by atoms with Crippen LogP contribution in [0.25, 0.3) is 5.69 Å². The van der Waals surface area contributed by atoms with E-state index in [0.717, 1.165) is 49.9 Å². The monoisotopic (exact) mass is 337 g/mol. The third-order valence-electron chi connectivity index (χ3n) is 5.52. The number of carbonyl (C=O) groups excluding carboxylic acids is 1. The minimum Gasteiger partial charge on any atom is -0.337 e. The fourth-order valence-electron chi connectivity index (χ4n) is 3.96. The number of carbonyl (C=O) groups is 1. The lowest BCUT2D eigenvalue weighted by atomic mass is 10.1. The zero-order chi connectivity index (χ0) is 17.4. The number of aryl methyl sites for hydroxylation is 2. The maximum Gasteiger partial charge on any atom is 0.253 e. The molecule has 25 heavy (non-hydrogen) atoms. The van der Waals surface area contributed by atoms with Crippen molar-refractivity contribution in [1.82, 2.24) is 14.4 Å². The minimum atomic E-state index is 0.171. The number of benzene rings is 1. The van der Waals surface area contributed by atoms with Crippen LogP contribution in [0.3, 0.4) is 0 Å². The van der Waals surface area contributed by atoms with Gasteiger partial charge in [0.2, 0.25) is 0 Å². The maximum absolute atomic E-state index is 12.9. The molecule has 4 nitrogen and oxygen atoms in total. The third-order valence-corrected chi connectivity index (χ3v) is 5.52. The molecule has 1 aliphatic heterocycles. The van der Waals surface area contributed by atoms with Crippen LogP contribution in [0.5, 0.6) is 0 Å². The van der Waals surface area contributed by atoms with E-state index in [1.54, 1.807) is 0 Å². The first-order valence-corrected chi connectivity index (χ1v) is 9.42. The van der Waals surface area contributed by atoms with E-state index in [-0.39, 0.29) is 5.91 Å². The molecule has 1 aromatic carbocycles. The van der Waals surface area contributed by atoms with Gasteiger partial charge in [-0.2, -0.15) is 0 Å². The maximum atomic E-state index is 12.9. The third kappa shape index (κ3) is 3.36. The first-order chi connectivity index (χ1) is 12.1. The van der Waals surface area contributed by atoms with Gasteiger partial charge in [-0.15, -0.1) is 0 Å². The molecule has 2 heterocycles. The molecule has 1 saturated heterocycles. The summed E-state index contributed by atoms with van der Waals surface area (Å²) >= 11 is 0. The quantitative estimate of drug-likeness (QED) is 0.859. The highest BCUT2D eigenvalue weighted by Gasteiger charge is 2.30. The van der Waals surface area contributed by atoms with E-state index in [2.05, 4.69) is 47.6 Å². The van der Waals surface area contributed by atoms with Crippen molar-refractivity contribution in [1.29, 1.82) is 0 Å². The summed E-state index contributed by atoms with van der Waals surface area (Å²) in [7, 11) is 0. The van der Waals surface area contributed by atoms with Crippen molar-refractivity contribution in [2.75, 3.05) is 26.2 Å². The highest BCUT2D eigenvalue weighted by molar-refractivity contribution is 5.94. The summed E-state index contributed by atoms with van der Waals surface area (Å²) in [5.74, 6) is 0.171. The Kier molecular flexibility index (Phi) is 4.38. The summed E-state index contributed by atoms with van der Waals surface area (Å²) < 4.78 is 2.22. The topological polar surface area (TPSA) is 28.5 Å². The Labute approximate surface area is 150 Å². The highest BCUT2D eigenvalue weighted by atomic mass is 16.2. The second-order valence-electron chi connectivity index (χ2n) is 7.41. The fraction of sp³-hybridized carbons (Fsp3) is 0.476. The Morgan fingerprint density at radius 1 is 0.880 bits per heavy atom. The van der Waals surface area contributed by atoms with E-state index < -0.39 is 0 Å². The van der Waals surface area contributed by atoms with E-state index in [4.69, 9.17) is 0 Å². The van der Waals surface area contributed by atoms with Crippen LogP contribution in [-0.2, 0) is 0 Å². The van der Waals surface area contributed by atoms with Gasteiger partial charge in [-0.25, -0.2) is 0 Å². The van der Waals surface area contributed by atoms with Crippen molar-refractivity contribution in [2.24, 2.45) is 0 Å². The Morgan fingerprint density at radius 3 is 2.20 bits per heavy atom. The van der Waals surface area contributed by atoms with Crippen LogP contribution in [0, 0.1) is 13.8 Å². The Morgan fingerprint density at radius 2 is 1.56 bits per heavy atom. The van der Waals surface area contributed by atoms with Crippen molar-refractivity contribution in [3.8, 4) is 5.69 Å². The van der Waals surface area contributed by atoms with Gasteiger partial charge >= 0.3 is 0 Å². The number of hydrogen-bond acceptors (Lipinski definition) is 2. The summed E-state index contributed by atoms with van der Waals surface area (Å²) in [6.45, 7) is 8.10. The molecule has 4 rings (SSSR count). The number of amides is 1. The molecule has 2 aromatic rings. The molecule has 0 radical (unpaired) electrons. The molecule has 0 N–H and O–H groups in total. The molecular formula is C21H27N3O. The smallest absolute Gasteiger partial charge is 0.253 e. The molecule has 4 heteroatoms. The van der Waals surface area contributed by atoms with E-state index >= 15 is 0 Å². The van der Waals surface area contributed by atoms with Gasteiger partial charge in [0.1, 0.15) is 0 Å². The van der Waals surface area contributed by atoms with Gasteiger partial charge in [0.15, 0.2) is 0 Å². The summed E-state index contributed by atoms with van der Waals surface area (Å²) in [5, 5.41) is 0. The molecule has 2 aliphatic rings. The van der Waals surface area contributed by atoms with Crippen LogP contribution >= 0.6 is 0 Å². The first kappa shape index (κ1) is 16.4. The number of aromatic nitrogens is 1. The number of nitrogens with zero attached hydrogens (tertiary/aromatic N) is 3. The van der Waals surface area contributed by atoms with E-state index in [9.17, 15) is 4.79 Å². The fourth-order valence-corrected chi connectivity index (χ4v) is 3.96. The summed E-state index contributed by atoms with van der Waals surface area (Å²) in [5.41, 5.74) is 4.34. The Balaban J connectivity index is 1.47. The Hall–Kier alpha value is -2.07. The van der Waals surface area contributed by atoms with Crippen molar-refractivity contribution < 1.29 is 4.79 Å². The van der Waals surface area contributed by atoms with Gasteiger partial charge in [0.25, 0.3) is 5.91 Å². The number of hydrogen-bond donors (Lipinski definition) is 0. The molecule has 1 aliphatic carbocycles. The van der Waals surface area contributed by atoms with Crippen LogP contribution in [0.2, 0.25) is 0 Å². The van der Waals surface area contributed by atoms with Crippen molar-refractivity contribution in [3.05, 3.63) is 53.3 Å². The normalized spacial score (nSPS) is 19.0. The van der Waals surface area contributed by atoms with Crippen LogP contribution < -0.4 is 0 Å². The lowest BCUT2D eigenvalue weighted by Crippen LogP contribution is -2.35. The van der Waals surface area contributed by atoms with Gasteiger partial charge in [-0.05, 0) is 69.5 Å². The predicted molar refractivity (Wildman–Crippen MR) is 100 cm³/mol. The van der Waals surface area contributed by atoms with Crippen molar-refractivity contribution >= 4 is 5.91 Å². The van der Waals surface area contributed by atoms with E-state index in [0.29, 0.717) is 0 Å². The van der Waals surface area contributed by atoms with E-state index in [1.807, 2.05) is 17.0 Å². The molecule has 0 unspecified atom stereocenters. The second kappa shape index (κ2) is 6.68. The lowest BCUT2D eigenvalue weighted by Gasteiger charge is -2.22. The van der Waals surface area contributed by atoms with Gasteiger partial charge in [-0.3, -0.25) is 9.69 Å². The summed E-state index contributed by atoms with van der Waals surface area (Å²) in [6, 6.07) is 13.1. The van der Waals surface area contributed by atoms with Crippen molar-refractivity contribution in [2.45, 2.75) is 39.2 Å². The predicted octanol–water partition coefficient (Wildman–Crippen LogP) is 3.40. The molecule has 0 spiro atoms. The average molecular weight is 337 g/mol. The van der Waals surface area contributed by atoms with Gasteiger partial charge in [0.05, 0.1) is 0 Å². The minimum absolute atomic E-state index is 0.171. The van der Waals surface area contributed by atoms with E-state index in [1.165, 1.54) is 24.2 Å². The largest absolute Gasteiger partial charge is 0.337 e. The molecule has 132 valence electrons. The van der Waals surface area contributed by atoms with Crippen LogP contribution in [-0.4, -0.2) is 52.5 Å². The zero-order valence-corrected chi connectivity index (χ0v) is 15.2. The summed E-state index contributed by atoms with van der Waals surface area (Å²) in [6.07, 6.45) is 3.77. The standard InChI is InChI=1S/C21H27N3O/c1-16-4-5-17(2)24(16)20-8-6-18(7-9-20)21(25)23-13-3-12-22(14-15-23)19-10-11-19/h4-9,19H,3,10-15H2,1-2H3. The zero-order valence-electron chi connectivity index (χ0n) is 15.2. The van der Waals surface area contributed by atoms with Crippen LogP contribution in [0.1, 0.15) is 41.0 Å². The van der Waals surface area contributed by atoms with Gasteiger partial charge in [-0.1, -0.05) is 0 Å². The molecule has 2 fully saturated rings. The highest BCUT2D eigenvalue weighted by Crippen LogP contribution is 2.27. The molecule has 0 atom stereocenters. The summed E-state index contributed by atoms with van der Waals surface area (Å²) in [4.78, 5) is 17.5. The molecule has 1 saturated carbocycles. The van der Waals surface area contributed by atoms with Crippen LogP contribution in [0.4, 0.5) is 0 Å². The number of rotatable bonds is 3. The molecule has 0 bridgehead atoms. The average Bonchev–Trinajstić information content (AvgIpc) is 3.42. The van der Waals surface area contributed by atoms with Crippen molar-refractivity contribution in [3.63, 3.8) is 0 Å². The second-order valence-corrected chi connectivity index (χ2v) is 7.41. The van der Waals surface area contributed by atoms with Gasteiger partial charge < -0.3 is 9.47 Å². The van der Waals surface area contributed by atoms with Gasteiger partial charge in [0, 0.05) is 54.9 Å². The molecule has 1 amide bonds. The SMILES string of the molecule is Cc1ccc(C)n1-c1ccc(C(=O)N2CCCN(C3CC3)CC2)cc1. The first-order valence-electron chi connectivity index (χ1n) is 9.42. The molecule has 1 aromatic heterocycles. The Bertz CT molecular complexity index is 738. The lowest BCUT2D eigenvalue weighted by molar-refractivity contribution is 0.0761.